The first kappa shape index (κ1) is 30.6. The Morgan fingerprint density at radius 2 is 1.95 bits per heavy atom. The average Bonchev–Trinajstić information content (AvgIpc) is 3.23. The lowest BCUT2D eigenvalue weighted by molar-refractivity contribution is -0.146. The molecule has 39 heavy (non-hydrogen) atoms. The summed E-state index contributed by atoms with van der Waals surface area (Å²) in [6, 6.07) is 5.70. The first-order chi connectivity index (χ1) is 18.3. The Hall–Kier alpha value is -2.94. The summed E-state index contributed by atoms with van der Waals surface area (Å²) in [5.74, 6) is -1.49. The number of carbonyl (C=O) groups excluding carboxylic acids is 2. The van der Waals surface area contributed by atoms with Crippen LogP contribution in [0.1, 0.15) is 89.3 Å². The molecule has 0 radical (unpaired) electrons. The Kier molecular flexibility index (Phi) is 10.2. The molecule has 9 heteroatoms. The predicted molar refractivity (Wildman–Crippen MR) is 149 cm³/mol. The minimum absolute atomic E-state index is 0.0704. The lowest BCUT2D eigenvalue weighted by Gasteiger charge is -2.45. The van der Waals surface area contributed by atoms with Gasteiger partial charge in [0.2, 0.25) is 0 Å². The summed E-state index contributed by atoms with van der Waals surface area (Å²) in [6.07, 6.45) is 5.68. The van der Waals surface area contributed by atoms with Crippen molar-refractivity contribution in [1.29, 1.82) is 0 Å². The maximum Gasteiger partial charge on any atom is 0.410 e. The molecule has 2 aromatic heterocycles. The number of Topliss-reactive ketones (excluding diaryl/α,β-unsaturated/α-hetero) is 1. The molecule has 0 bridgehead atoms. The first-order valence-electron chi connectivity index (χ1n) is 14.0. The molecule has 2 aromatic rings. The number of aliphatic carboxylic acids is 1. The summed E-state index contributed by atoms with van der Waals surface area (Å²) in [5, 5.41) is 10.0. The zero-order valence-corrected chi connectivity index (χ0v) is 24.4. The second-order valence-electron chi connectivity index (χ2n) is 12.4. The quantitative estimate of drug-likeness (QED) is 0.272. The molecule has 1 aliphatic rings. The number of fused-ring (bicyclic) bond motifs is 1. The third-order valence-corrected chi connectivity index (χ3v) is 7.34. The number of ketones is 1. The van der Waals surface area contributed by atoms with E-state index in [1.54, 1.807) is 27.9 Å². The van der Waals surface area contributed by atoms with E-state index in [0.29, 0.717) is 43.1 Å². The van der Waals surface area contributed by atoms with Crippen LogP contribution < -0.4 is 0 Å². The fourth-order valence-electron chi connectivity index (χ4n) is 5.48. The molecule has 0 spiro atoms. The molecule has 1 fully saturated rings. The SMILES string of the molecule is COCCCCc1c(C(=O)C[C@]2(CCC(C)C)C[C@@H](C(=O)O)CN(C(=O)OC(C)(C)C)C2)nc2ccccn12. The van der Waals surface area contributed by atoms with Crippen LogP contribution in [0.15, 0.2) is 24.4 Å². The number of carbonyl (C=O) groups is 3. The molecule has 0 unspecified atom stereocenters. The molecule has 1 amide bonds. The largest absolute Gasteiger partial charge is 0.481 e. The van der Waals surface area contributed by atoms with Crippen molar-refractivity contribution in [3.05, 3.63) is 35.8 Å². The highest BCUT2D eigenvalue weighted by Crippen LogP contribution is 2.43. The molecular formula is C30H45N3O6. The number of pyridine rings is 1. The van der Waals surface area contributed by atoms with E-state index in [1.165, 1.54) is 4.90 Å². The summed E-state index contributed by atoms with van der Waals surface area (Å²) in [7, 11) is 1.68. The Morgan fingerprint density at radius 1 is 1.21 bits per heavy atom. The van der Waals surface area contributed by atoms with Crippen molar-refractivity contribution < 1.29 is 29.0 Å². The number of ether oxygens (including phenoxy) is 2. The number of carboxylic acid groups (broad SMARTS) is 1. The van der Waals surface area contributed by atoms with Gasteiger partial charge in [0.25, 0.3) is 0 Å². The van der Waals surface area contributed by atoms with Gasteiger partial charge in [0.1, 0.15) is 16.9 Å². The van der Waals surface area contributed by atoms with Crippen LogP contribution in [0.5, 0.6) is 0 Å². The number of methoxy groups -OCH3 is 1. The van der Waals surface area contributed by atoms with Crippen molar-refractivity contribution in [2.45, 2.75) is 85.2 Å². The van der Waals surface area contributed by atoms with Gasteiger partial charge in [0.05, 0.1) is 11.6 Å². The molecule has 3 rings (SSSR count). The Bertz CT molecular complexity index is 1150. The lowest BCUT2D eigenvalue weighted by Crippen LogP contribution is -2.53. The van der Waals surface area contributed by atoms with Crippen molar-refractivity contribution in [2.24, 2.45) is 17.3 Å². The third-order valence-electron chi connectivity index (χ3n) is 7.34. The topological polar surface area (TPSA) is 110 Å². The zero-order valence-electron chi connectivity index (χ0n) is 24.4. The van der Waals surface area contributed by atoms with Gasteiger partial charge in [-0.05, 0) is 76.3 Å². The van der Waals surface area contributed by atoms with E-state index < -0.39 is 29.0 Å². The Morgan fingerprint density at radius 3 is 2.59 bits per heavy atom. The molecule has 0 saturated carbocycles. The number of likely N-dealkylation sites (tertiary alicyclic amines) is 1. The van der Waals surface area contributed by atoms with E-state index in [1.807, 2.05) is 28.8 Å². The second kappa shape index (κ2) is 12.9. The molecule has 9 nitrogen and oxygen atoms in total. The molecule has 1 N–H and O–H groups in total. The first-order valence-corrected chi connectivity index (χ1v) is 14.0. The summed E-state index contributed by atoms with van der Waals surface area (Å²) >= 11 is 0. The van der Waals surface area contributed by atoms with Crippen LogP contribution >= 0.6 is 0 Å². The molecule has 1 aliphatic heterocycles. The van der Waals surface area contributed by atoms with Gasteiger partial charge < -0.3 is 23.9 Å². The number of rotatable bonds is 12. The van der Waals surface area contributed by atoms with Gasteiger partial charge in [0.15, 0.2) is 5.78 Å². The molecule has 0 aliphatic carbocycles. The molecule has 2 atom stereocenters. The van der Waals surface area contributed by atoms with E-state index in [9.17, 15) is 19.5 Å². The summed E-state index contributed by atoms with van der Waals surface area (Å²) in [5.41, 5.74) is 0.603. The second-order valence-corrected chi connectivity index (χ2v) is 12.4. The number of hydrogen-bond donors (Lipinski definition) is 1. The van der Waals surface area contributed by atoms with Crippen LogP contribution in [-0.4, -0.2) is 69.6 Å². The molecule has 1 saturated heterocycles. The Labute approximate surface area is 231 Å². The van der Waals surface area contributed by atoms with Gasteiger partial charge in [0, 0.05) is 39.4 Å². The maximum absolute atomic E-state index is 14.0. The van der Waals surface area contributed by atoms with E-state index in [-0.39, 0.29) is 25.3 Å². The fourth-order valence-corrected chi connectivity index (χ4v) is 5.48. The number of aryl methyl sites for hydroxylation is 1. The van der Waals surface area contributed by atoms with Crippen molar-refractivity contribution in [3.8, 4) is 0 Å². The van der Waals surface area contributed by atoms with E-state index in [2.05, 4.69) is 13.8 Å². The predicted octanol–water partition coefficient (Wildman–Crippen LogP) is 5.64. The summed E-state index contributed by atoms with van der Waals surface area (Å²) in [6.45, 7) is 10.6. The highest BCUT2D eigenvalue weighted by molar-refractivity contribution is 5.96. The number of amides is 1. The van der Waals surface area contributed by atoms with Crippen molar-refractivity contribution >= 4 is 23.5 Å². The lowest BCUT2D eigenvalue weighted by atomic mass is 9.68. The molecule has 216 valence electrons. The van der Waals surface area contributed by atoms with Crippen molar-refractivity contribution in [3.63, 3.8) is 0 Å². The minimum Gasteiger partial charge on any atom is -0.481 e. The van der Waals surface area contributed by atoms with Crippen LogP contribution in [0.3, 0.4) is 0 Å². The van der Waals surface area contributed by atoms with Crippen LogP contribution in [0, 0.1) is 17.3 Å². The highest BCUT2D eigenvalue weighted by atomic mass is 16.6. The van der Waals surface area contributed by atoms with Crippen LogP contribution in [-0.2, 0) is 20.7 Å². The van der Waals surface area contributed by atoms with Gasteiger partial charge in [-0.25, -0.2) is 9.78 Å². The Balaban J connectivity index is 1.97. The number of nitrogens with zero attached hydrogens (tertiary/aromatic N) is 3. The van der Waals surface area contributed by atoms with Gasteiger partial charge in [-0.15, -0.1) is 0 Å². The molecule has 0 aromatic carbocycles. The van der Waals surface area contributed by atoms with E-state index in [0.717, 1.165) is 25.0 Å². The van der Waals surface area contributed by atoms with Gasteiger partial charge in [-0.3, -0.25) is 9.59 Å². The van der Waals surface area contributed by atoms with Gasteiger partial charge in [-0.1, -0.05) is 26.3 Å². The molecule has 3 heterocycles. The number of carboxylic acids is 1. The maximum atomic E-state index is 14.0. The smallest absolute Gasteiger partial charge is 0.410 e. The highest BCUT2D eigenvalue weighted by Gasteiger charge is 2.46. The standard InChI is InChI=1S/C30H45N3O6/c1-21(2)13-14-30(17-22(27(35)36)19-32(20-30)28(37)39-29(3,4)5)18-24(34)26-23(11-8-10-16-38-6)33-15-9-7-12-25(33)31-26/h7,9,12,15,21-22H,8,10-11,13-14,16-20H2,1-6H3,(H,35,36)/t22-,30+/m1/s1. The minimum atomic E-state index is -0.962. The third kappa shape index (κ3) is 8.27. The van der Waals surface area contributed by atoms with Gasteiger partial charge in [-0.2, -0.15) is 0 Å². The number of imidazole rings is 1. The van der Waals surface area contributed by atoms with Crippen LogP contribution in [0.2, 0.25) is 0 Å². The number of aromatic nitrogens is 2. The van der Waals surface area contributed by atoms with Crippen molar-refractivity contribution in [1.82, 2.24) is 14.3 Å². The number of piperidine rings is 1. The monoisotopic (exact) mass is 543 g/mol. The number of unbranched alkanes of at least 4 members (excludes halogenated alkanes) is 1. The van der Waals surface area contributed by atoms with Crippen LogP contribution in [0.4, 0.5) is 4.79 Å². The van der Waals surface area contributed by atoms with E-state index in [4.69, 9.17) is 14.5 Å². The van der Waals surface area contributed by atoms with Crippen molar-refractivity contribution in [2.75, 3.05) is 26.8 Å². The van der Waals surface area contributed by atoms with Crippen LogP contribution in [0.25, 0.3) is 5.65 Å². The fraction of sp³-hybridized carbons (Fsp3) is 0.667. The molecular weight excluding hydrogens is 498 g/mol. The summed E-state index contributed by atoms with van der Waals surface area (Å²) in [4.78, 5) is 45.6. The zero-order chi connectivity index (χ0) is 28.8. The van der Waals surface area contributed by atoms with Gasteiger partial charge >= 0.3 is 12.1 Å². The summed E-state index contributed by atoms with van der Waals surface area (Å²) < 4.78 is 12.8. The average molecular weight is 544 g/mol. The normalized spacial score (nSPS) is 20.0. The number of hydrogen-bond acceptors (Lipinski definition) is 6. The van der Waals surface area contributed by atoms with E-state index >= 15 is 0 Å².